The molecule has 0 bridgehead atoms. The van der Waals surface area contributed by atoms with E-state index in [1.165, 1.54) is 12.1 Å². The predicted molar refractivity (Wildman–Crippen MR) is 62.1 cm³/mol. The second-order valence-electron chi connectivity index (χ2n) is 4.92. The van der Waals surface area contributed by atoms with Gasteiger partial charge in [0.1, 0.15) is 5.82 Å². The van der Waals surface area contributed by atoms with Gasteiger partial charge in [0.15, 0.2) is 5.78 Å². The summed E-state index contributed by atoms with van der Waals surface area (Å²) in [4.78, 5) is 13.5. The minimum absolute atomic E-state index is 0.0816. The first-order chi connectivity index (χ1) is 7.49. The molecule has 0 atom stereocenters. The van der Waals surface area contributed by atoms with E-state index in [9.17, 15) is 9.18 Å². The number of benzene rings is 1. The maximum atomic E-state index is 13.2. The molecule has 0 unspecified atom stereocenters. The highest BCUT2D eigenvalue weighted by Gasteiger charge is 2.33. The van der Waals surface area contributed by atoms with Crippen molar-refractivity contribution in [2.24, 2.45) is 0 Å². The second-order valence-corrected chi connectivity index (χ2v) is 4.92. The van der Waals surface area contributed by atoms with Crippen LogP contribution in [0.1, 0.15) is 26.7 Å². The Hall–Kier alpha value is -1.38. The van der Waals surface area contributed by atoms with Crippen LogP contribution < -0.4 is 4.90 Å². The lowest BCUT2D eigenvalue weighted by Gasteiger charge is -2.43. The molecule has 3 heteroatoms. The number of ketones is 1. The quantitative estimate of drug-likeness (QED) is 0.726. The number of hydrogen-bond donors (Lipinski definition) is 0. The van der Waals surface area contributed by atoms with Crippen LogP contribution in [0.15, 0.2) is 24.3 Å². The van der Waals surface area contributed by atoms with Gasteiger partial charge in [0.2, 0.25) is 0 Å². The van der Waals surface area contributed by atoms with Crippen LogP contribution in [-0.4, -0.2) is 17.9 Å². The van der Waals surface area contributed by atoms with Gasteiger partial charge in [0, 0.05) is 17.6 Å². The average Bonchev–Trinajstić information content (AvgIpc) is 2.22. The fourth-order valence-corrected chi connectivity index (χ4v) is 2.13. The van der Waals surface area contributed by atoms with Crippen LogP contribution in [0.4, 0.5) is 10.1 Å². The lowest BCUT2D eigenvalue weighted by atomic mass is 9.89. The molecule has 0 spiro atoms. The van der Waals surface area contributed by atoms with Crippen LogP contribution in [0.5, 0.6) is 0 Å². The summed E-state index contributed by atoms with van der Waals surface area (Å²) in [5, 5.41) is 0. The summed E-state index contributed by atoms with van der Waals surface area (Å²) in [7, 11) is 0. The lowest BCUT2D eigenvalue weighted by molar-refractivity contribution is -0.119. The third-order valence-electron chi connectivity index (χ3n) is 3.20. The van der Waals surface area contributed by atoms with E-state index in [4.69, 9.17) is 0 Å². The number of nitrogens with zero attached hydrogens (tertiary/aromatic N) is 1. The van der Waals surface area contributed by atoms with Gasteiger partial charge >= 0.3 is 0 Å². The molecule has 2 rings (SSSR count). The highest BCUT2D eigenvalue weighted by atomic mass is 19.1. The second kappa shape index (κ2) is 3.89. The Kier molecular flexibility index (Phi) is 2.70. The fourth-order valence-electron chi connectivity index (χ4n) is 2.13. The minimum atomic E-state index is -0.258. The number of rotatable bonds is 1. The van der Waals surface area contributed by atoms with Crippen molar-refractivity contribution in [1.82, 2.24) is 0 Å². The minimum Gasteiger partial charge on any atom is -0.359 e. The van der Waals surface area contributed by atoms with E-state index in [2.05, 4.69) is 13.8 Å². The maximum Gasteiger partial charge on any atom is 0.152 e. The molecule has 0 N–H and O–H groups in total. The van der Waals surface area contributed by atoms with Gasteiger partial charge < -0.3 is 4.90 Å². The molecule has 1 aliphatic heterocycles. The van der Waals surface area contributed by atoms with Crippen molar-refractivity contribution in [1.29, 1.82) is 0 Å². The summed E-state index contributed by atoms with van der Waals surface area (Å²) in [6, 6.07) is 6.44. The zero-order valence-electron chi connectivity index (χ0n) is 9.66. The number of piperidine rings is 1. The largest absolute Gasteiger partial charge is 0.359 e. The van der Waals surface area contributed by atoms with Gasteiger partial charge in [-0.05, 0) is 38.5 Å². The van der Waals surface area contributed by atoms with Gasteiger partial charge in [-0.2, -0.15) is 0 Å². The van der Waals surface area contributed by atoms with E-state index >= 15 is 0 Å². The van der Waals surface area contributed by atoms with Gasteiger partial charge in [0.25, 0.3) is 0 Å². The van der Waals surface area contributed by atoms with Crippen molar-refractivity contribution < 1.29 is 9.18 Å². The van der Waals surface area contributed by atoms with Crippen molar-refractivity contribution in [3.05, 3.63) is 30.1 Å². The fraction of sp³-hybridized carbons (Fsp3) is 0.462. The molecule has 16 heavy (non-hydrogen) atoms. The van der Waals surface area contributed by atoms with Crippen LogP contribution in [-0.2, 0) is 4.79 Å². The summed E-state index contributed by atoms with van der Waals surface area (Å²) in [6.07, 6.45) is 1.45. The van der Waals surface area contributed by atoms with Crippen LogP contribution in [0.2, 0.25) is 0 Å². The topological polar surface area (TPSA) is 20.3 Å². The number of Topliss-reactive ketones (excluding diaryl/α,β-unsaturated/α-hetero) is 1. The normalized spacial score (nSPS) is 19.9. The van der Waals surface area contributed by atoms with Gasteiger partial charge in [-0.15, -0.1) is 0 Å². The zero-order valence-corrected chi connectivity index (χ0v) is 9.66. The highest BCUT2D eigenvalue weighted by Crippen LogP contribution is 2.31. The molecule has 1 heterocycles. The molecule has 1 aromatic rings. The average molecular weight is 221 g/mol. The zero-order chi connectivity index (χ0) is 11.8. The number of halogens is 1. The Morgan fingerprint density at radius 1 is 1.38 bits per heavy atom. The first-order valence-corrected chi connectivity index (χ1v) is 5.54. The van der Waals surface area contributed by atoms with Gasteiger partial charge in [-0.1, -0.05) is 6.07 Å². The molecular formula is C13H16FNO. The standard InChI is InChI=1S/C13H16FNO/c1-13(2)7-6-12(16)9-15(13)11-5-3-4-10(14)8-11/h3-5,8H,6-7,9H2,1-2H3. The first-order valence-electron chi connectivity index (χ1n) is 5.54. The Bertz CT molecular complexity index is 414. The van der Waals surface area contributed by atoms with Crippen molar-refractivity contribution in [2.75, 3.05) is 11.4 Å². The molecule has 86 valence electrons. The van der Waals surface area contributed by atoms with Crippen LogP contribution in [0.25, 0.3) is 0 Å². The van der Waals surface area contributed by atoms with E-state index in [0.29, 0.717) is 13.0 Å². The van der Waals surface area contributed by atoms with E-state index < -0.39 is 0 Å². The van der Waals surface area contributed by atoms with Crippen LogP contribution in [0.3, 0.4) is 0 Å². The molecule has 0 amide bonds. The number of hydrogen-bond acceptors (Lipinski definition) is 2. The summed E-state index contributed by atoms with van der Waals surface area (Å²) in [6.45, 7) is 4.56. The molecule has 1 fully saturated rings. The molecular weight excluding hydrogens is 205 g/mol. The smallest absolute Gasteiger partial charge is 0.152 e. The van der Waals surface area contributed by atoms with E-state index in [0.717, 1.165) is 12.1 Å². The molecule has 1 aromatic carbocycles. The Labute approximate surface area is 95.1 Å². The maximum absolute atomic E-state index is 13.2. The molecule has 2 nitrogen and oxygen atoms in total. The molecule has 0 radical (unpaired) electrons. The lowest BCUT2D eigenvalue weighted by Crippen LogP contribution is -2.51. The van der Waals surface area contributed by atoms with Crippen molar-refractivity contribution in [3.8, 4) is 0 Å². The number of carbonyl (C=O) groups is 1. The Balaban J connectivity index is 2.33. The van der Waals surface area contributed by atoms with Crippen LogP contribution >= 0.6 is 0 Å². The number of carbonyl (C=O) groups excluding carboxylic acids is 1. The summed E-state index contributed by atoms with van der Waals surface area (Å²) in [5.74, 6) is -0.0325. The van der Waals surface area contributed by atoms with Gasteiger partial charge in [0.05, 0.1) is 6.54 Å². The van der Waals surface area contributed by atoms with Crippen molar-refractivity contribution in [2.45, 2.75) is 32.2 Å². The first kappa shape index (κ1) is 11.1. The van der Waals surface area contributed by atoms with Gasteiger partial charge in [-0.25, -0.2) is 4.39 Å². The van der Waals surface area contributed by atoms with Crippen LogP contribution in [0, 0.1) is 5.82 Å². The summed E-state index contributed by atoms with van der Waals surface area (Å²) < 4.78 is 13.2. The Morgan fingerprint density at radius 3 is 2.81 bits per heavy atom. The number of anilines is 1. The third kappa shape index (κ3) is 2.08. The Morgan fingerprint density at radius 2 is 2.12 bits per heavy atom. The van der Waals surface area contributed by atoms with Gasteiger partial charge in [-0.3, -0.25) is 4.79 Å². The van der Waals surface area contributed by atoms with E-state index in [1.54, 1.807) is 6.07 Å². The summed E-state index contributed by atoms with van der Waals surface area (Å²) >= 11 is 0. The van der Waals surface area contributed by atoms with E-state index in [-0.39, 0.29) is 17.1 Å². The van der Waals surface area contributed by atoms with Crippen molar-refractivity contribution >= 4 is 11.5 Å². The molecule has 0 aliphatic carbocycles. The molecule has 1 saturated heterocycles. The molecule has 1 aliphatic rings. The van der Waals surface area contributed by atoms with E-state index in [1.807, 2.05) is 11.0 Å². The SMILES string of the molecule is CC1(C)CCC(=O)CN1c1cccc(F)c1. The molecule has 0 aromatic heterocycles. The highest BCUT2D eigenvalue weighted by molar-refractivity contribution is 5.85. The van der Waals surface area contributed by atoms with Crippen molar-refractivity contribution in [3.63, 3.8) is 0 Å². The summed E-state index contributed by atoms with van der Waals surface area (Å²) in [5.41, 5.74) is 0.708. The monoisotopic (exact) mass is 221 g/mol. The predicted octanol–water partition coefficient (Wildman–Crippen LogP) is 2.77. The third-order valence-corrected chi connectivity index (χ3v) is 3.20. The molecule has 0 saturated carbocycles.